The number of oxazole rings is 1. The highest BCUT2D eigenvalue weighted by Crippen LogP contribution is 2.26. The summed E-state index contributed by atoms with van der Waals surface area (Å²) in [5.41, 5.74) is 1.26. The second kappa shape index (κ2) is 8.07. The lowest BCUT2D eigenvalue weighted by Crippen LogP contribution is -2.49. The van der Waals surface area contributed by atoms with Gasteiger partial charge in [0.2, 0.25) is 5.91 Å². The molecular weight excluding hydrogens is 366 g/mol. The number of likely N-dealkylation sites (tertiary alicyclic amines) is 1. The van der Waals surface area contributed by atoms with Gasteiger partial charge < -0.3 is 9.32 Å². The minimum Gasteiger partial charge on any atom is -0.408 e. The van der Waals surface area contributed by atoms with Crippen molar-refractivity contribution in [2.45, 2.75) is 58.7 Å². The van der Waals surface area contributed by atoms with Crippen LogP contribution in [0.15, 0.2) is 27.4 Å². The van der Waals surface area contributed by atoms with E-state index in [2.05, 4.69) is 4.90 Å². The van der Waals surface area contributed by atoms with Gasteiger partial charge in [0.05, 0.1) is 18.1 Å². The van der Waals surface area contributed by atoms with Crippen LogP contribution in [0.3, 0.4) is 0 Å². The molecule has 1 aromatic heterocycles. The monoisotopic (exact) mass is 393 g/mol. The Kier molecular flexibility index (Phi) is 5.96. The third-order valence-electron chi connectivity index (χ3n) is 5.18. The third-order valence-corrected chi connectivity index (χ3v) is 5.41. The lowest BCUT2D eigenvalue weighted by molar-refractivity contribution is -0.136. The molecule has 27 heavy (non-hydrogen) atoms. The van der Waals surface area contributed by atoms with Crippen molar-refractivity contribution >= 4 is 28.6 Å². The number of amides is 1. The van der Waals surface area contributed by atoms with Crippen LogP contribution in [0.4, 0.5) is 0 Å². The molecule has 0 radical (unpaired) electrons. The van der Waals surface area contributed by atoms with Gasteiger partial charge in [0.1, 0.15) is 0 Å². The van der Waals surface area contributed by atoms with Crippen molar-refractivity contribution in [1.29, 1.82) is 0 Å². The molecule has 1 aliphatic rings. The molecule has 0 saturated carbocycles. The number of halogens is 1. The summed E-state index contributed by atoms with van der Waals surface area (Å²) in [6, 6.07) is 5.52. The zero-order valence-electron chi connectivity index (χ0n) is 16.4. The lowest BCUT2D eigenvalue weighted by Gasteiger charge is -2.36. The third kappa shape index (κ3) is 4.22. The number of hydrogen-bond donors (Lipinski definition) is 0. The zero-order valence-corrected chi connectivity index (χ0v) is 17.2. The number of fused-ring (bicyclic) bond motifs is 1. The molecule has 1 aromatic carbocycles. The molecule has 1 fully saturated rings. The van der Waals surface area contributed by atoms with Gasteiger partial charge in [0.15, 0.2) is 5.58 Å². The molecule has 0 N–H and O–H groups in total. The van der Waals surface area contributed by atoms with Gasteiger partial charge in [-0.15, -0.1) is 0 Å². The highest BCUT2D eigenvalue weighted by Gasteiger charge is 2.28. The van der Waals surface area contributed by atoms with Crippen LogP contribution in [-0.4, -0.2) is 52.0 Å². The Morgan fingerprint density at radius 2 is 2.00 bits per heavy atom. The van der Waals surface area contributed by atoms with Crippen LogP contribution in [0, 0.1) is 0 Å². The van der Waals surface area contributed by atoms with Crippen LogP contribution in [0.25, 0.3) is 11.1 Å². The Labute approximate surface area is 164 Å². The van der Waals surface area contributed by atoms with Crippen molar-refractivity contribution in [3.8, 4) is 0 Å². The minimum absolute atomic E-state index is 0.0229. The van der Waals surface area contributed by atoms with Gasteiger partial charge in [-0.2, -0.15) is 0 Å². The van der Waals surface area contributed by atoms with Gasteiger partial charge in [-0.25, -0.2) is 4.79 Å². The number of aromatic nitrogens is 1. The van der Waals surface area contributed by atoms with Crippen molar-refractivity contribution in [2.75, 3.05) is 19.6 Å². The molecule has 148 valence electrons. The van der Waals surface area contributed by atoms with Gasteiger partial charge in [0, 0.05) is 23.7 Å². The number of carbonyl (C=O) groups excluding carboxylic acids is 1. The fourth-order valence-electron chi connectivity index (χ4n) is 4.18. The summed E-state index contributed by atoms with van der Waals surface area (Å²) in [6.07, 6.45) is 1.81. The Bertz CT molecular complexity index is 863. The molecular formula is C20H28ClN3O3. The van der Waals surface area contributed by atoms with E-state index in [1.165, 1.54) is 0 Å². The fourth-order valence-corrected chi connectivity index (χ4v) is 4.35. The largest absolute Gasteiger partial charge is 0.420 e. The SMILES string of the molecule is CC(C)N(C(=O)CN1CCC[C@@H](n2c(=O)oc3ccc(Cl)cc32)C1)C(C)C. The number of nitrogens with zero attached hydrogens (tertiary/aromatic N) is 3. The molecule has 2 heterocycles. The number of hydrogen-bond acceptors (Lipinski definition) is 4. The Morgan fingerprint density at radius 1 is 1.30 bits per heavy atom. The second-order valence-electron chi connectivity index (χ2n) is 7.87. The van der Waals surface area contributed by atoms with Gasteiger partial charge in [0.25, 0.3) is 0 Å². The molecule has 0 aliphatic carbocycles. The predicted octanol–water partition coefficient (Wildman–Crippen LogP) is 3.53. The van der Waals surface area contributed by atoms with Crippen LogP contribution in [0.5, 0.6) is 0 Å². The normalized spacial score (nSPS) is 18.6. The molecule has 1 saturated heterocycles. The molecule has 0 spiro atoms. The van der Waals surface area contributed by atoms with Crippen molar-refractivity contribution in [2.24, 2.45) is 0 Å². The molecule has 2 aromatic rings. The number of piperidine rings is 1. The first-order valence-corrected chi connectivity index (χ1v) is 10.00. The molecule has 6 nitrogen and oxygen atoms in total. The highest BCUT2D eigenvalue weighted by atomic mass is 35.5. The first-order valence-electron chi connectivity index (χ1n) is 9.62. The van der Waals surface area contributed by atoms with E-state index in [4.69, 9.17) is 16.0 Å². The topological polar surface area (TPSA) is 58.7 Å². The van der Waals surface area contributed by atoms with E-state index >= 15 is 0 Å². The molecule has 1 amide bonds. The average molecular weight is 394 g/mol. The van der Waals surface area contributed by atoms with Crippen molar-refractivity contribution in [3.63, 3.8) is 0 Å². The molecule has 1 atom stereocenters. The average Bonchev–Trinajstić information content (AvgIpc) is 2.89. The summed E-state index contributed by atoms with van der Waals surface area (Å²) >= 11 is 6.11. The van der Waals surface area contributed by atoms with Gasteiger partial charge in [-0.1, -0.05) is 11.6 Å². The van der Waals surface area contributed by atoms with E-state index in [0.29, 0.717) is 23.7 Å². The molecule has 7 heteroatoms. The van der Waals surface area contributed by atoms with Crippen LogP contribution in [0.2, 0.25) is 5.02 Å². The van der Waals surface area contributed by atoms with E-state index in [1.807, 2.05) is 32.6 Å². The van der Waals surface area contributed by atoms with E-state index in [0.717, 1.165) is 24.9 Å². The highest BCUT2D eigenvalue weighted by molar-refractivity contribution is 6.31. The Balaban J connectivity index is 1.79. The molecule has 3 rings (SSSR count). The first kappa shape index (κ1) is 20.0. The quantitative estimate of drug-likeness (QED) is 0.779. The Morgan fingerprint density at radius 3 is 2.67 bits per heavy atom. The van der Waals surface area contributed by atoms with E-state index in [1.54, 1.807) is 22.8 Å². The minimum atomic E-state index is -0.364. The maximum Gasteiger partial charge on any atom is 0.420 e. The Hall–Kier alpha value is -1.79. The van der Waals surface area contributed by atoms with Crippen LogP contribution < -0.4 is 5.76 Å². The van der Waals surface area contributed by atoms with E-state index in [9.17, 15) is 9.59 Å². The fraction of sp³-hybridized carbons (Fsp3) is 0.600. The van der Waals surface area contributed by atoms with Crippen molar-refractivity contribution in [3.05, 3.63) is 33.8 Å². The van der Waals surface area contributed by atoms with E-state index < -0.39 is 0 Å². The van der Waals surface area contributed by atoms with Crippen LogP contribution >= 0.6 is 11.6 Å². The number of rotatable bonds is 5. The van der Waals surface area contributed by atoms with Crippen LogP contribution in [0.1, 0.15) is 46.6 Å². The maximum atomic E-state index is 12.8. The van der Waals surface area contributed by atoms with E-state index in [-0.39, 0.29) is 29.8 Å². The second-order valence-corrected chi connectivity index (χ2v) is 8.31. The van der Waals surface area contributed by atoms with Crippen molar-refractivity contribution < 1.29 is 9.21 Å². The van der Waals surface area contributed by atoms with Crippen LogP contribution in [-0.2, 0) is 4.79 Å². The summed E-state index contributed by atoms with van der Waals surface area (Å²) in [5, 5.41) is 0.574. The standard InChI is InChI=1S/C20H28ClN3O3/c1-13(2)23(14(3)4)19(25)12-22-9-5-6-16(11-22)24-17-10-15(21)7-8-18(17)27-20(24)26/h7-8,10,13-14,16H,5-6,9,11-12H2,1-4H3/t16-/m1/s1. The smallest absolute Gasteiger partial charge is 0.408 e. The van der Waals surface area contributed by atoms with Gasteiger partial charge in [-0.3, -0.25) is 14.3 Å². The zero-order chi connectivity index (χ0) is 19.7. The van der Waals surface area contributed by atoms with Gasteiger partial charge >= 0.3 is 5.76 Å². The van der Waals surface area contributed by atoms with Crippen molar-refractivity contribution in [1.82, 2.24) is 14.4 Å². The summed E-state index contributed by atoms with van der Waals surface area (Å²) in [4.78, 5) is 29.3. The summed E-state index contributed by atoms with van der Waals surface area (Å²) in [5.74, 6) is -0.232. The molecule has 0 unspecified atom stereocenters. The first-order chi connectivity index (χ1) is 12.8. The molecule has 1 aliphatic heterocycles. The molecule has 0 bridgehead atoms. The van der Waals surface area contributed by atoms with Gasteiger partial charge in [-0.05, 0) is 65.3 Å². The summed E-state index contributed by atoms with van der Waals surface area (Å²) < 4.78 is 7.07. The predicted molar refractivity (Wildman–Crippen MR) is 107 cm³/mol. The summed E-state index contributed by atoms with van der Waals surface area (Å²) in [6.45, 7) is 10.0. The number of carbonyl (C=O) groups is 1. The number of benzene rings is 1. The lowest BCUT2D eigenvalue weighted by atomic mass is 10.0. The maximum absolute atomic E-state index is 12.8. The summed E-state index contributed by atoms with van der Waals surface area (Å²) in [7, 11) is 0.